The molecule has 0 spiro atoms. The van der Waals surface area contributed by atoms with Gasteiger partial charge in [-0.2, -0.15) is 0 Å². The number of hydrogen-bond acceptors (Lipinski definition) is 2. The van der Waals surface area contributed by atoms with Crippen LogP contribution in [0.3, 0.4) is 0 Å². The van der Waals surface area contributed by atoms with Gasteiger partial charge in [-0.05, 0) is 24.1 Å². The molecule has 1 aromatic rings. The second kappa shape index (κ2) is 4.79. The van der Waals surface area contributed by atoms with Crippen molar-refractivity contribution in [2.45, 2.75) is 6.42 Å². The van der Waals surface area contributed by atoms with Gasteiger partial charge in [0, 0.05) is 0 Å². The van der Waals surface area contributed by atoms with Gasteiger partial charge in [-0.15, -0.1) is 0 Å². The third kappa shape index (κ3) is 3.87. The van der Waals surface area contributed by atoms with Crippen LogP contribution in [0, 0.1) is 5.82 Å². The van der Waals surface area contributed by atoms with Crippen molar-refractivity contribution in [1.82, 2.24) is 0 Å². The molecule has 0 aromatic heterocycles. The van der Waals surface area contributed by atoms with Crippen LogP contribution < -0.4 is 0 Å². The zero-order valence-electron chi connectivity index (χ0n) is 7.02. The summed E-state index contributed by atoms with van der Waals surface area (Å²) in [6.07, 6.45) is 2.19. The molecule has 0 bridgehead atoms. The number of allylic oxidation sites excluding steroid dienone is 1. The SMILES string of the molecule is OB(O)C=CCc1ccc(F)cc1. The zero-order valence-corrected chi connectivity index (χ0v) is 7.02. The fourth-order valence-corrected chi connectivity index (χ4v) is 0.946. The Kier molecular flexibility index (Phi) is 3.67. The molecule has 1 rings (SSSR count). The lowest BCUT2D eigenvalue weighted by atomic mass is 9.91. The number of benzene rings is 1. The molecule has 0 radical (unpaired) electrons. The second-order valence-electron chi connectivity index (χ2n) is 2.67. The molecular formula is C9H10BFO2. The lowest BCUT2D eigenvalue weighted by molar-refractivity contribution is 0.424. The molecule has 0 aliphatic rings. The van der Waals surface area contributed by atoms with Crippen molar-refractivity contribution in [3.05, 3.63) is 47.7 Å². The van der Waals surface area contributed by atoms with Crippen molar-refractivity contribution < 1.29 is 14.4 Å². The quantitative estimate of drug-likeness (QED) is 0.679. The van der Waals surface area contributed by atoms with E-state index in [4.69, 9.17) is 10.0 Å². The highest BCUT2D eigenvalue weighted by atomic mass is 19.1. The Morgan fingerprint density at radius 1 is 1.23 bits per heavy atom. The molecular weight excluding hydrogens is 170 g/mol. The van der Waals surface area contributed by atoms with Crippen LogP contribution in [0.4, 0.5) is 4.39 Å². The molecule has 0 heterocycles. The summed E-state index contributed by atoms with van der Waals surface area (Å²) in [5.74, 6) is 0.999. The van der Waals surface area contributed by atoms with Crippen molar-refractivity contribution in [2.24, 2.45) is 0 Å². The van der Waals surface area contributed by atoms with E-state index in [9.17, 15) is 4.39 Å². The average molecular weight is 180 g/mol. The fraction of sp³-hybridized carbons (Fsp3) is 0.111. The van der Waals surface area contributed by atoms with Crippen molar-refractivity contribution in [1.29, 1.82) is 0 Å². The van der Waals surface area contributed by atoms with Crippen LogP contribution in [0.2, 0.25) is 0 Å². The Bertz CT molecular complexity index is 282. The van der Waals surface area contributed by atoms with Crippen LogP contribution in [0.5, 0.6) is 0 Å². The summed E-state index contributed by atoms with van der Waals surface area (Å²) in [6, 6.07) is 6.06. The highest BCUT2D eigenvalue weighted by Gasteiger charge is 1.97. The lowest BCUT2D eigenvalue weighted by Gasteiger charge is -1.95. The van der Waals surface area contributed by atoms with Gasteiger partial charge in [0.2, 0.25) is 0 Å². The highest BCUT2D eigenvalue weighted by Crippen LogP contribution is 2.03. The van der Waals surface area contributed by atoms with Crippen LogP contribution >= 0.6 is 0 Å². The molecule has 0 aliphatic heterocycles. The van der Waals surface area contributed by atoms with E-state index in [0.29, 0.717) is 6.42 Å². The predicted molar refractivity (Wildman–Crippen MR) is 49.4 cm³/mol. The van der Waals surface area contributed by atoms with Gasteiger partial charge in [-0.3, -0.25) is 0 Å². The first-order valence-corrected chi connectivity index (χ1v) is 3.96. The van der Waals surface area contributed by atoms with E-state index in [1.165, 1.54) is 18.1 Å². The number of halogens is 1. The third-order valence-corrected chi connectivity index (χ3v) is 1.58. The second-order valence-corrected chi connectivity index (χ2v) is 2.67. The van der Waals surface area contributed by atoms with Gasteiger partial charge in [0.05, 0.1) is 0 Å². The van der Waals surface area contributed by atoms with Gasteiger partial charge >= 0.3 is 7.12 Å². The smallest absolute Gasteiger partial charge is 0.424 e. The van der Waals surface area contributed by atoms with Crippen LogP contribution in [0.15, 0.2) is 36.3 Å². The Morgan fingerprint density at radius 3 is 2.38 bits per heavy atom. The van der Waals surface area contributed by atoms with E-state index in [1.54, 1.807) is 18.2 Å². The molecule has 0 saturated carbocycles. The van der Waals surface area contributed by atoms with Gasteiger partial charge in [0.25, 0.3) is 0 Å². The van der Waals surface area contributed by atoms with Crippen LogP contribution in [0.25, 0.3) is 0 Å². The number of hydrogen-bond donors (Lipinski definition) is 2. The Morgan fingerprint density at radius 2 is 1.85 bits per heavy atom. The van der Waals surface area contributed by atoms with Gasteiger partial charge in [-0.1, -0.05) is 24.2 Å². The first kappa shape index (κ1) is 9.96. The molecule has 0 amide bonds. The number of rotatable bonds is 3. The van der Waals surface area contributed by atoms with Crippen molar-refractivity contribution in [3.63, 3.8) is 0 Å². The summed E-state index contributed by atoms with van der Waals surface area (Å²) < 4.78 is 12.4. The Labute approximate surface area is 76.5 Å². The maximum Gasteiger partial charge on any atom is 0.480 e. The first-order chi connectivity index (χ1) is 6.18. The first-order valence-electron chi connectivity index (χ1n) is 3.96. The van der Waals surface area contributed by atoms with E-state index in [2.05, 4.69) is 0 Å². The molecule has 4 heteroatoms. The molecule has 68 valence electrons. The molecule has 0 unspecified atom stereocenters. The Balaban J connectivity index is 2.50. The highest BCUT2D eigenvalue weighted by molar-refractivity contribution is 6.47. The van der Waals surface area contributed by atoms with Gasteiger partial charge in [0.1, 0.15) is 5.82 Å². The van der Waals surface area contributed by atoms with Gasteiger partial charge in [0.15, 0.2) is 0 Å². The van der Waals surface area contributed by atoms with Crippen molar-refractivity contribution >= 4 is 7.12 Å². The van der Waals surface area contributed by atoms with E-state index < -0.39 is 7.12 Å². The molecule has 13 heavy (non-hydrogen) atoms. The van der Waals surface area contributed by atoms with Crippen molar-refractivity contribution in [3.8, 4) is 0 Å². The summed E-state index contributed by atoms with van der Waals surface area (Å²) in [5.41, 5.74) is 0.929. The topological polar surface area (TPSA) is 40.5 Å². The van der Waals surface area contributed by atoms with E-state index in [-0.39, 0.29) is 5.82 Å². The van der Waals surface area contributed by atoms with E-state index >= 15 is 0 Å². The standard InChI is InChI=1S/C9H10BFO2/c11-9-5-3-8(4-6-9)2-1-7-10(12)13/h1,3-7,12-13H,2H2. The molecule has 0 fully saturated rings. The fourth-order valence-electron chi connectivity index (χ4n) is 0.946. The molecule has 2 N–H and O–H groups in total. The molecule has 1 aromatic carbocycles. The van der Waals surface area contributed by atoms with Crippen molar-refractivity contribution in [2.75, 3.05) is 0 Å². The van der Waals surface area contributed by atoms with Crippen LogP contribution in [0.1, 0.15) is 5.56 Å². The average Bonchev–Trinajstić information content (AvgIpc) is 2.08. The summed E-state index contributed by atoms with van der Waals surface area (Å²) >= 11 is 0. The predicted octanol–water partition coefficient (Wildman–Crippen LogP) is 0.936. The lowest BCUT2D eigenvalue weighted by Crippen LogP contribution is -2.05. The normalized spacial score (nSPS) is 10.7. The summed E-state index contributed by atoms with van der Waals surface area (Å²) in [6.45, 7) is 0. The van der Waals surface area contributed by atoms with Gasteiger partial charge < -0.3 is 10.0 Å². The Hall–Kier alpha value is -1.13. The summed E-state index contributed by atoms with van der Waals surface area (Å²) in [4.78, 5) is 0. The maximum atomic E-state index is 12.4. The zero-order chi connectivity index (χ0) is 9.68. The molecule has 0 atom stereocenters. The largest absolute Gasteiger partial charge is 0.480 e. The summed E-state index contributed by atoms with van der Waals surface area (Å²) in [7, 11) is -1.42. The maximum absolute atomic E-state index is 12.4. The molecule has 0 saturated heterocycles. The monoisotopic (exact) mass is 180 g/mol. The molecule has 0 aliphatic carbocycles. The minimum atomic E-state index is -1.42. The van der Waals surface area contributed by atoms with Gasteiger partial charge in [-0.25, -0.2) is 4.39 Å². The van der Waals surface area contributed by atoms with E-state index in [0.717, 1.165) is 5.56 Å². The minimum absolute atomic E-state index is 0.269. The third-order valence-electron chi connectivity index (χ3n) is 1.58. The van der Waals surface area contributed by atoms with E-state index in [1.807, 2.05) is 0 Å². The van der Waals surface area contributed by atoms with Crippen LogP contribution in [-0.4, -0.2) is 17.2 Å². The summed E-state index contributed by atoms with van der Waals surface area (Å²) in [5, 5.41) is 17.0. The minimum Gasteiger partial charge on any atom is -0.424 e. The van der Waals surface area contributed by atoms with Crippen LogP contribution in [-0.2, 0) is 6.42 Å². The molecule has 2 nitrogen and oxygen atoms in total.